The summed E-state index contributed by atoms with van der Waals surface area (Å²) in [5, 5.41) is 9.87. The van der Waals surface area contributed by atoms with Crippen molar-refractivity contribution < 1.29 is 9.90 Å². The highest BCUT2D eigenvalue weighted by Crippen LogP contribution is 2.23. The quantitative estimate of drug-likeness (QED) is 0.387. The zero-order valence-electron chi connectivity index (χ0n) is 20.0. The monoisotopic (exact) mass is 440 g/mol. The summed E-state index contributed by atoms with van der Waals surface area (Å²) in [6.07, 6.45) is 6.32. The molecule has 4 nitrogen and oxygen atoms in total. The second-order valence-corrected chi connectivity index (χ2v) is 8.24. The molecule has 1 aromatic carbocycles. The molecule has 0 saturated carbocycles. The van der Waals surface area contributed by atoms with E-state index in [-0.39, 0.29) is 18.4 Å². The molecule has 1 atom stereocenters. The maximum atomic E-state index is 13.3. The van der Waals surface area contributed by atoms with Crippen molar-refractivity contribution in [2.24, 2.45) is 0 Å². The Labute approximate surface area is 190 Å². The molecule has 0 aliphatic carbocycles. The number of aliphatic hydroxyl groups excluding tert-OH is 1. The molecular weight excluding hydrogens is 396 g/mol. The topological polar surface area (TPSA) is 43.8 Å². The van der Waals surface area contributed by atoms with Gasteiger partial charge in [-0.1, -0.05) is 71.2 Å². The summed E-state index contributed by atoms with van der Waals surface area (Å²) in [6, 6.07) is 7.66. The summed E-state index contributed by atoms with van der Waals surface area (Å²) in [7, 11) is 0. The molecule has 0 radical (unpaired) electrons. The SMILES string of the molecule is CCCC.CCCN(CCCO)CC(C(=O)N(CCC)CCC)c1ccc(Cl)cc1. The van der Waals surface area contributed by atoms with Gasteiger partial charge in [-0.2, -0.15) is 0 Å². The molecule has 0 fully saturated rings. The van der Waals surface area contributed by atoms with Crippen LogP contribution in [0.2, 0.25) is 5.02 Å². The lowest BCUT2D eigenvalue weighted by atomic mass is 9.96. The van der Waals surface area contributed by atoms with Crippen LogP contribution in [-0.2, 0) is 4.79 Å². The lowest BCUT2D eigenvalue weighted by Crippen LogP contribution is -2.41. The van der Waals surface area contributed by atoms with E-state index in [0.717, 1.165) is 57.4 Å². The molecule has 30 heavy (non-hydrogen) atoms. The molecule has 0 aromatic heterocycles. The van der Waals surface area contributed by atoms with E-state index in [1.807, 2.05) is 29.2 Å². The number of hydrogen-bond acceptors (Lipinski definition) is 3. The fraction of sp³-hybridized carbons (Fsp3) is 0.720. The molecule has 0 bridgehead atoms. The molecule has 1 rings (SSSR count). The van der Waals surface area contributed by atoms with Gasteiger partial charge >= 0.3 is 0 Å². The number of carbonyl (C=O) groups is 1. The van der Waals surface area contributed by atoms with E-state index in [1.54, 1.807) is 0 Å². The number of carbonyl (C=O) groups excluding carboxylic acids is 1. The van der Waals surface area contributed by atoms with Gasteiger partial charge in [-0.25, -0.2) is 0 Å². The minimum Gasteiger partial charge on any atom is -0.396 e. The second-order valence-electron chi connectivity index (χ2n) is 7.81. The van der Waals surface area contributed by atoms with Gasteiger partial charge in [0.05, 0.1) is 5.92 Å². The molecule has 5 heteroatoms. The first-order valence-electron chi connectivity index (χ1n) is 11.9. The normalized spacial score (nSPS) is 11.7. The van der Waals surface area contributed by atoms with Crippen molar-refractivity contribution in [1.82, 2.24) is 9.80 Å². The number of nitrogens with zero attached hydrogens (tertiary/aromatic N) is 2. The van der Waals surface area contributed by atoms with Crippen LogP contribution in [0.5, 0.6) is 0 Å². The van der Waals surface area contributed by atoms with E-state index in [4.69, 9.17) is 11.6 Å². The standard InChI is InChI=1S/C21H35ClN2O2.C4H10/c1-4-12-23(15-7-16-25)17-20(18-8-10-19(22)11-9-18)21(26)24(13-5-2)14-6-3;1-3-4-2/h8-11,20,25H,4-7,12-17H2,1-3H3;3-4H2,1-2H3. The van der Waals surface area contributed by atoms with E-state index in [2.05, 4.69) is 39.5 Å². The van der Waals surface area contributed by atoms with Crippen LogP contribution in [0, 0.1) is 0 Å². The van der Waals surface area contributed by atoms with Crippen molar-refractivity contribution in [2.45, 2.75) is 79.1 Å². The molecule has 0 spiro atoms. The molecule has 1 aromatic rings. The van der Waals surface area contributed by atoms with E-state index in [9.17, 15) is 9.90 Å². The number of aliphatic hydroxyl groups is 1. The van der Waals surface area contributed by atoms with Crippen LogP contribution < -0.4 is 0 Å². The Morgan fingerprint density at radius 2 is 1.40 bits per heavy atom. The average molecular weight is 441 g/mol. The predicted molar refractivity (Wildman–Crippen MR) is 130 cm³/mol. The Bertz CT molecular complexity index is 528. The van der Waals surface area contributed by atoms with Crippen LogP contribution >= 0.6 is 11.6 Å². The first-order chi connectivity index (χ1) is 14.5. The summed E-state index contributed by atoms with van der Waals surface area (Å²) in [5.41, 5.74) is 1.02. The van der Waals surface area contributed by atoms with Crippen LogP contribution in [0.3, 0.4) is 0 Å². The van der Waals surface area contributed by atoms with Crippen molar-refractivity contribution >= 4 is 17.5 Å². The molecule has 0 heterocycles. The molecule has 1 unspecified atom stereocenters. The van der Waals surface area contributed by atoms with Gasteiger partial charge in [-0.3, -0.25) is 4.79 Å². The van der Waals surface area contributed by atoms with Gasteiger partial charge in [0, 0.05) is 37.8 Å². The summed E-state index contributed by atoms with van der Waals surface area (Å²) in [6.45, 7) is 14.9. The number of rotatable bonds is 14. The number of hydrogen-bond donors (Lipinski definition) is 1. The summed E-state index contributed by atoms with van der Waals surface area (Å²) in [5.74, 6) is -0.00302. The fourth-order valence-electron chi connectivity index (χ4n) is 3.28. The van der Waals surface area contributed by atoms with Crippen molar-refractivity contribution in [1.29, 1.82) is 0 Å². The van der Waals surface area contributed by atoms with E-state index in [1.165, 1.54) is 12.8 Å². The van der Waals surface area contributed by atoms with Crippen LogP contribution in [-0.4, -0.2) is 60.1 Å². The fourth-order valence-corrected chi connectivity index (χ4v) is 3.40. The van der Waals surface area contributed by atoms with Gasteiger partial charge in [0.25, 0.3) is 0 Å². The number of halogens is 1. The Morgan fingerprint density at radius 1 is 0.867 bits per heavy atom. The van der Waals surface area contributed by atoms with Crippen LogP contribution in [0.25, 0.3) is 0 Å². The van der Waals surface area contributed by atoms with Gasteiger partial charge in [0.15, 0.2) is 0 Å². The van der Waals surface area contributed by atoms with Gasteiger partial charge in [-0.05, 0) is 49.9 Å². The Hall–Kier alpha value is -1.10. The van der Waals surface area contributed by atoms with Crippen molar-refractivity contribution in [3.8, 4) is 0 Å². The molecule has 0 aliphatic heterocycles. The third-order valence-corrected chi connectivity index (χ3v) is 5.23. The highest BCUT2D eigenvalue weighted by molar-refractivity contribution is 6.30. The molecule has 1 amide bonds. The average Bonchev–Trinajstić information content (AvgIpc) is 2.76. The number of benzene rings is 1. The van der Waals surface area contributed by atoms with Crippen molar-refractivity contribution in [2.75, 3.05) is 39.3 Å². The minimum atomic E-state index is -0.199. The zero-order chi connectivity index (χ0) is 22.8. The van der Waals surface area contributed by atoms with Gasteiger partial charge in [0.2, 0.25) is 5.91 Å². The van der Waals surface area contributed by atoms with Crippen LogP contribution in [0.4, 0.5) is 0 Å². The van der Waals surface area contributed by atoms with Gasteiger partial charge < -0.3 is 14.9 Å². The molecule has 0 aliphatic rings. The smallest absolute Gasteiger partial charge is 0.231 e. The number of unbranched alkanes of at least 4 members (excludes halogenated alkanes) is 1. The molecule has 1 N–H and O–H groups in total. The highest BCUT2D eigenvalue weighted by atomic mass is 35.5. The number of amides is 1. The largest absolute Gasteiger partial charge is 0.396 e. The molecule has 0 saturated heterocycles. The lowest BCUT2D eigenvalue weighted by Gasteiger charge is -2.31. The lowest BCUT2D eigenvalue weighted by molar-refractivity contribution is -0.133. The minimum absolute atomic E-state index is 0.178. The van der Waals surface area contributed by atoms with Crippen LogP contribution in [0.15, 0.2) is 24.3 Å². The Morgan fingerprint density at radius 3 is 1.83 bits per heavy atom. The predicted octanol–water partition coefficient (Wildman–Crippen LogP) is 5.97. The third-order valence-electron chi connectivity index (χ3n) is 4.98. The summed E-state index contributed by atoms with van der Waals surface area (Å²) in [4.78, 5) is 17.6. The molecule has 174 valence electrons. The Kier molecular flexibility index (Phi) is 18.0. The first-order valence-corrected chi connectivity index (χ1v) is 12.2. The third kappa shape index (κ3) is 11.9. The molecular formula is C25H45ClN2O2. The van der Waals surface area contributed by atoms with Crippen LogP contribution in [0.1, 0.15) is 84.6 Å². The van der Waals surface area contributed by atoms with E-state index >= 15 is 0 Å². The summed E-state index contributed by atoms with van der Waals surface area (Å²) < 4.78 is 0. The maximum Gasteiger partial charge on any atom is 0.231 e. The van der Waals surface area contributed by atoms with Crippen molar-refractivity contribution in [3.63, 3.8) is 0 Å². The van der Waals surface area contributed by atoms with Crippen molar-refractivity contribution in [3.05, 3.63) is 34.9 Å². The highest BCUT2D eigenvalue weighted by Gasteiger charge is 2.27. The summed E-state index contributed by atoms with van der Waals surface area (Å²) >= 11 is 6.05. The second kappa shape index (κ2) is 18.7. The van der Waals surface area contributed by atoms with Gasteiger partial charge in [0.1, 0.15) is 0 Å². The van der Waals surface area contributed by atoms with Gasteiger partial charge in [-0.15, -0.1) is 0 Å². The van der Waals surface area contributed by atoms with E-state index < -0.39 is 0 Å². The maximum absolute atomic E-state index is 13.3. The Balaban J connectivity index is 0.00000192. The first kappa shape index (κ1) is 28.9. The zero-order valence-corrected chi connectivity index (χ0v) is 20.8. The van der Waals surface area contributed by atoms with E-state index in [0.29, 0.717) is 11.6 Å².